The highest BCUT2D eigenvalue weighted by Gasteiger charge is 2.38. The molecule has 1 amide bonds. The summed E-state index contributed by atoms with van der Waals surface area (Å²) in [5.74, 6) is -0.489. The van der Waals surface area contributed by atoms with Crippen LogP contribution in [0.25, 0.3) is 16.9 Å². The summed E-state index contributed by atoms with van der Waals surface area (Å²) in [7, 11) is 0. The van der Waals surface area contributed by atoms with Crippen LogP contribution in [0, 0.1) is 5.82 Å². The van der Waals surface area contributed by atoms with Crippen LogP contribution < -0.4 is 10.6 Å². The standard InChI is InChI=1S/C25H29FN4O/c1-24(2)14-19(15-25(3,4)29-24)27-23(31)21-16-30(20-8-6-5-7-9-20)28-22(21)17-10-12-18(26)13-11-17/h5-13,16,19,29H,14-15H2,1-4H3,(H,27,31). The Hall–Kier alpha value is -2.99. The molecule has 5 nitrogen and oxygen atoms in total. The van der Waals surface area contributed by atoms with Gasteiger partial charge in [-0.15, -0.1) is 0 Å². The second kappa shape index (κ2) is 7.93. The maximum atomic E-state index is 13.5. The van der Waals surface area contributed by atoms with Gasteiger partial charge in [-0.3, -0.25) is 4.79 Å². The lowest BCUT2D eigenvalue weighted by molar-refractivity contribution is 0.0874. The van der Waals surface area contributed by atoms with Crippen molar-refractivity contribution in [3.05, 3.63) is 72.2 Å². The molecule has 0 unspecified atom stereocenters. The topological polar surface area (TPSA) is 59.0 Å². The van der Waals surface area contributed by atoms with Gasteiger partial charge in [0.1, 0.15) is 11.5 Å². The smallest absolute Gasteiger partial charge is 0.255 e. The molecule has 1 aliphatic rings. The minimum absolute atomic E-state index is 0.0416. The van der Waals surface area contributed by atoms with E-state index in [2.05, 4.69) is 43.4 Å². The number of nitrogens with zero attached hydrogens (tertiary/aromatic N) is 2. The van der Waals surface area contributed by atoms with Crippen molar-refractivity contribution >= 4 is 5.91 Å². The SMILES string of the molecule is CC1(C)CC(NC(=O)c2cn(-c3ccccc3)nc2-c2ccc(F)cc2)CC(C)(C)N1. The largest absolute Gasteiger partial charge is 0.349 e. The molecule has 31 heavy (non-hydrogen) atoms. The first-order chi connectivity index (χ1) is 14.6. The lowest BCUT2D eigenvalue weighted by atomic mass is 9.79. The van der Waals surface area contributed by atoms with Crippen LogP contribution >= 0.6 is 0 Å². The van der Waals surface area contributed by atoms with Crippen LogP contribution in [0.1, 0.15) is 50.9 Å². The Kier molecular flexibility index (Phi) is 5.43. The summed E-state index contributed by atoms with van der Waals surface area (Å²) in [6.07, 6.45) is 3.42. The van der Waals surface area contributed by atoms with E-state index in [0.717, 1.165) is 18.5 Å². The molecule has 0 spiro atoms. The third-order valence-corrected chi connectivity index (χ3v) is 5.62. The van der Waals surface area contributed by atoms with Crippen LogP contribution in [0.2, 0.25) is 0 Å². The number of carbonyl (C=O) groups excluding carboxylic acids is 1. The van der Waals surface area contributed by atoms with Crippen molar-refractivity contribution in [2.75, 3.05) is 0 Å². The fourth-order valence-electron chi connectivity index (χ4n) is 4.76. The number of rotatable bonds is 4. The number of aromatic nitrogens is 2. The second-order valence-corrected chi connectivity index (χ2v) is 9.65. The number of benzene rings is 2. The quantitative estimate of drug-likeness (QED) is 0.642. The van der Waals surface area contributed by atoms with Crippen molar-refractivity contribution in [1.29, 1.82) is 0 Å². The van der Waals surface area contributed by atoms with E-state index in [1.54, 1.807) is 23.0 Å². The van der Waals surface area contributed by atoms with Gasteiger partial charge in [0.15, 0.2) is 0 Å². The summed E-state index contributed by atoms with van der Waals surface area (Å²) in [5, 5.41) is 11.5. The van der Waals surface area contributed by atoms with E-state index < -0.39 is 0 Å². The predicted molar refractivity (Wildman–Crippen MR) is 121 cm³/mol. The van der Waals surface area contributed by atoms with Gasteiger partial charge in [-0.25, -0.2) is 9.07 Å². The van der Waals surface area contributed by atoms with Crippen molar-refractivity contribution in [2.24, 2.45) is 0 Å². The molecule has 6 heteroatoms. The lowest BCUT2D eigenvalue weighted by Gasteiger charge is -2.46. The molecule has 0 radical (unpaired) electrons. The Morgan fingerprint density at radius 2 is 1.65 bits per heavy atom. The number of hydrogen-bond donors (Lipinski definition) is 2. The molecule has 162 valence electrons. The Morgan fingerprint density at radius 3 is 2.26 bits per heavy atom. The van der Waals surface area contributed by atoms with Crippen LogP contribution in [0.15, 0.2) is 60.8 Å². The normalized spacial score (nSPS) is 18.0. The molecule has 4 rings (SSSR count). The molecule has 2 aromatic carbocycles. The average Bonchev–Trinajstić information content (AvgIpc) is 3.12. The highest BCUT2D eigenvalue weighted by molar-refractivity contribution is 6.00. The summed E-state index contributed by atoms with van der Waals surface area (Å²) in [6, 6.07) is 15.8. The lowest BCUT2D eigenvalue weighted by Crippen LogP contribution is -2.62. The molecule has 3 aromatic rings. The summed E-state index contributed by atoms with van der Waals surface area (Å²) >= 11 is 0. The molecule has 2 N–H and O–H groups in total. The van der Waals surface area contributed by atoms with Crippen molar-refractivity contribution in [3.63, 3.8) is 0 Å². The zero-order valence-electron chi connectivity index (χ0n) is 18.4. The third-order valence-electron chi connectivity index (χ3n) is 5.62. The highest BCUT2D eigenvalue weighted by Crippen LogP contribution is 2.30. The van der Waals surface area contributed by atoms with Crippen LogP contribution in [-0.2, 0) is 0 Å². The van der Waals surface area contributed by atoms with Gasteiger partial charge in [0.25, 0.3) is 5.91 Å². The van der Waals surface area contributed by atoms with Gasteiger partial charge < -0.3 is 10.6 Å². The van der Waals surface area contributed by atoms with Crippen molar-refractivity contribution in [1.82, 2.24) is 20.4 Å². The second-order valence-electron chi connectivity index (χ2n) is 9.65. The van der Waals surface area contributed by atoms with Gasteiger partial charge in [-0.05, 0) is 76.9 Å². The molecule has 1 aliphatic heterocycles. The molecule has 0 aliphatic carbocycles. The van der Waals surface area contributed by atoms with Crippen molar-refractivity contribution in [2.45, 2.75) is 57.7 Å². The predicted octanol–water partition coefficient (Wildman–Crippen LogP) is 4.72. The molecule has 0 atom stereocenters. The highest BCUT2D eigenvalue weighted by atomic mass is 19.1. The number of nitrogens with one attached hydrogen (secondary N) is 2. The number of para-hydroxylation sites is 1. The van der Waals surface area contributed by atoms with Crippen LogP contribution in [0.3, 0.4) is 0 Å². The molecule has 1 aromatic heterocycles. The van der Waals surface area contributed by atoms with E-state index in [-0.39, 0.29) is 28.8 Å². The summed E-state index contributed by atoms with van der Waals surface area (Å²) in [4.78, 5) is 13.4. The summed E-state index contributed by atoms with van der Waals surface area (Å²) < 4.78 is 15.2. The Morgan fingerprint density at radius 1 is 1.03 bits per heavy atom. The van der Waals surface area contributed by atoms with E-state index in [4.69, 9.17) is 0 Å². The summed E-state index contributed by atoms with van der Waals surface area (Å²) in [5.41, 5.74) is 2.42. The number of amides is 1. The van der Waals surface area contributed by atoms with Crippen molar-refractivity contribution in [3.8, 4) is 16.9 Å². The van der Waals surface area contributed by atoms with Gasteiger partial charge in [0.2, 0.25) is 0 Å². The maximum absolute atomic E-state index is 13.5. The Labute approximate surface area is 182 Å². The minimum Gasteiger partial charge on any atom is -0.349 e. The van der Waals surface area contributed by atoms with Crippen LogP contribution in [0.4, 0.5) is 4.39 Å². The van der Waals surface area contributed by atoms with E-state index in [9.17, 15) is 9.18 Å². The fraction of sp³-hybridized carbons (Fsp3) is 0.360. The van der Waals surface area contributed by atoms with Crippen LogP contribution in [-0.4, -0.2) is 32.8 Å². The Balaban J connectivity index is 1.68. The molecule has 0 bridgehead atoms. The first-order valence-electron chi connectivity index (χ1n) is 10.6. The Bertz CT molecular complexity index is 1050. The van der Waals surface area contributed by atoms with Gasteiger partial charge in [-0.1, -0.05) is 18.2 Å². The van der Waals surface area contributed by atoms with Gasteiger partial charge in [-0.2, -0.15) is 5.10 Å². The van der Waals surface area contributed by atoms with Gasteiger partial charge in [0.05, 0.1) is 11.3 Å². The zero-order valence-corrected chi connectivity index (χ0v) is 18.4. The van der Waals surface area contributed by atoms with Gasteiger partial charge >= 0.3 is 0 Å². The molecule has 1 saturated heterocycles. The third kappa shape index (κ3) is 4.85. The number of piperidine rings is 1. The molecule has 1 fully saturated rings. The molecular formula is C25H29FN4O. The maximum Gasteiger partial charge on any atom is 0.255 e. The molecule has 0 saturated carbocycles. The number of carbonyl (C=O) groups is 1. The van der Waals surface area contributed by atoms with E-state index in [1.165, 1.54) is 12.1 Å². The number of hydrogen-bond acceptors (Lipinski definition) is 3. The fourth-order valence-corrected chi connectivity index (χ4v) is 4.76. The zero-order chi connectivity index (χ0) is 22.2. The monoisotopic (exact) mass is 420 g/mol. The average molecular weight is 421 g/mol. The summed E-state index contributed by atoms with van der Waals surface area (Å²) in [6.45, 7) is 8.63. The van der Waals surface area contributed by atoms with Gasteiger partial charge in [0, 0.05) is 28.9 Å². The molecular weight excluding hydrogens is 391 g/mol. The van der Waals surface area contributed by atoms with E-state index in [1.807, 2.05) is 30.3 Å². The van der Waals surface area contributed by atoms with E-state index in [0.29, 0.717) is 16.8 Å². The minimum atomic E-state index is -0.323. The first kappa shape index (κ1) is 21.2. The molecule has 2 heterocycles. The van der Waals surface area contributed by atoms with E-state index >= 15 is 0 Å². The number of halogens is 1. The van der Waals surface area contributed by atoms with Crippen molar-refractivity contribution < 1.29 is 9.18 Å². The first-order valence-corrected chi connectivity index (χ1v) is 10.6. The van der Waals surface area contributed by atoms with Crippen LogP contribution in [0.5, 0.6) is 0 Å².